The standard InChI is InChI=1S/C5H11NO2S/c6-1-2-9-4-5(8)3-7/h7H,1-4,6H2. The molecule has 0 aromatic carbocycles. The van der Waals surface area contributed by atoms with Crippen LogP contribution < -0.4 is 5.73 Å². The van der Waals surface area contributed by atoms with Crippen LogP contribution in [-0.2, 0) is 4.79 Å². The molecule has 0 bridgehead atoms. The Labute approximate surface area is 58.6 Å². The van der Waals surface area contributed by atoms with Gasteiger partial charge in [-0.3, -0.25) is 4.79 Å². The molecule has 0 heterocycles. The Kier molecular flexibility index (Phi) is 6.03. The van der Waals surface area contributed by atoms with Crippen molar-refractivity contribution in [3.63, 3.8) is 0 Å². The highest BCUT2D eigenvalue weighted by Crippen LogP contribution is 1.96. The van der Waals surface area contributed by atoms with Crippen molar-refractivity contribution in [2.45, 2.75) is 0 Å². The third-order valence-electron chi connectivity index (χ3n) is 0.702. The van der Waals surface area contributed by atoms with Gasteiger partial charge in [0.25, 0.3) is 0 Å². The Bertz CT molecular complexity index is 87.0. The minimum Gasteiger partial charge on any atom is -0.389 e. The summed E-state index contributed by atoms with van der Waals surface area (Å²) in [5.41, 5.74) is 5.16. The molecular formula is C5H11NO2S. The van der Waals surface area contributed by atoms with E-state index in [1.165, 1.54) is 11.8 Å². The fourth-order valence-corrected chi connectivity index (χ4v) is 0.945. The van der Waals surface area contributed by atoms with Crippen LogP contribution in [0.3, 0.4) is 0 Å². The lowest BCUT2D eigenvalue weighted by molar-refractivity contribution is -0.119. The number of ketones is 1. The van der Waals surface area contributed by atoms with E-state index in [1.807, 2.05) is 0 Å². The summed E-state index contributed by atoms with van der Waals surface area (Å²) in [5.74, 6) is 1.04. The fraction of sp³-hybridized carbons (Fsp3) is 0.800. The van der Waals surface area contributed by atoms with Crippen LogP contribution in [0.25, 0.3) is 0 Å². The van der Waals surface area contributed by atoms with E-state index in [9.17, 15) is 4.79 Å². The van der Waals surface area contributed by atoms with Gasteiger partial charge in [-0.05, 0) is 0 Å². The van der Waals surface area contributed by atoms with Crippen molar-refractivity contribution in [1.82, 2.24) is 0 Å². The Morgan fingerprint density at radius 3 is 2.78 bits per heavy atom. The highest BCUT2D eigenvalue weighted by molar-refractivity contribution is 7.99. The van der Waals surface area contributed by atoms with Crippen LogP contribution in [0.15, 0.2) is 0 Å². The van der Waals surface area contributed by atoms with Gasteiger partial charge in [0.15, 0.2) is 5.78 Å². The molecule has 4 heteroatoms. The molecule has 0 saturated heterocycles. The second-order valence-corrected chi connectivity index (χ2v) is 2.64. The van der Waals surface area contributed by atoms with E-state index >= 15 is 0 Å². The van der Waals surface area contributed by atoms with E-state index in [-0.39, 0.29) is 12.4 Å². The summed E-state index contributed by atoms with van der Waals surface area (Å²) >= 11 is 1.45. The molecule has 54 valence electrons. The van der Waals surface area contributed by atoms with Crippen LogP contribution in [0.2, 0.25) is 0 Å². The van der Waals surface area contributed by atoms with E-state index in [0.29, 0.717) is 12.3 Å². The highest BCUT2D eigenvalue weighted by atomic mass is 32.2. The number of carbonyl (C=O) groups excluding carboxylic acids is 1. The van der Waals surface area contributed by atoms with Crippen LogP contribution in [0, 0.1) is 0 Å². The topological polar surface area (TPSA) is 63.3 Å². The van der Waals surface area contributed by atoms with E-state index in [0.717, 1.165) is 5.75 Å². The summed E-state index contributed by atoms with van der Waals surface area (Å²) in [6.45, 7) is 0.237. The normalized spacial score (nSPS) is 9.56. The smallest absolute Gasteiger partial charge is 0.168 e. The van der Waals surface area contributed by atoms with Gasteiger partial charge in [-0.25, -0.2) is 0 Å². The maximum atomic E-state index is 10.4. The highest BCUT2D eigenvalue weighted by Gasteiger charge is 1.96. The number of hydrogen-bond acceptors (Lipinski definition) is 4. The molecule has 0 aliphatic heterocycles. The molecular weight excluding hydrogens is 138 g/mol. The van der Waals surface area contributed by atoms with Crippen molar-refractivity contribution in [1.29, 1.82) is 0 Å². The SMILES string of the molecule is NCCSCC(=O)CO. The predicted molar refractivity (Wildman–Crippen MR) is 38.5 cm³/mol. The van der Waals surface area contributed by atoms with Gasteiger partial charge in [0.1, 0.15) is 6.61 Å². The summed E-state index contributed by atoms with van der Waals surface area (Å²) in [6.07, 6.45) is 0. The molecule has 0 fully saturated rings. The number of rotatable bonds is 5. The van der Waals surface area contributed by atoms with Crippen molar-refractivity contribution in [2.75, 3.05) is 24.7 Å². The first-order chi connectivity index (χ1) is 4.31. The number of carbonyl (C=O) groups is 1. The van der Waals surface area contributed by atoms with Crippen LogP contribution in [0.4, 0.5) is 0 Å². The zero-order chi connectivity index (χ0) is 7.11. The molecule has 0 aliphatic carbocycles. The molecule has 0 aromatic rings. The molecule has 0 aliphatic rings. The van der Waals surface area contributed by atoms with Gasteiger partial charge >= 0.3 is 0 Å². The first-order valence-electron chi connectivity index (χ1n) is 2.71. The molecule has 9 heavy (non-hydrogen) atoms. The Hall–Kier alpha value is -0.0600. The molecule has 0 unspecified atom stereocenters. The minimum atomic E-state index is -0.350. The van der Waals surface area contributed by atoms with Gasteiger partial charge in [0, 0.05) is 12.3 Å². The molecule has 0 rings (SSSR count). The molecule has 0 radical (unpaired) electrons. The maximum absolute atomic E-state index is 10.4. The lowest BCUT2D eigenvalue weighted by atomic mass is 10.5. The summed E-state index contributed by atoms with van der Waals surface area (Å²) in [4.78, 5) is 10.4. The van der Waals surface area contributed by atoms with Gasteiger partial charge in [-0.15, -0.1) is 0 Å². The predicted octanol–water partition coefficient (Wildman–Crippen LogP) is -0.760. The van der Waals surface area contributed by atoms with Gasteiger partial charge < -0.3 is 10.8 Å². The lowest BCUT2D eigenvalue weighted by Gasteiger charge is -1.94. The van der Waals surface area contributed by atoms with Crippen LogP contribution in [0.5, 0.6) is 0 Å². The van der Waals surface area contributed by atoms with Gasteiger partial charge in [0.05, 0.1) is 5.75 Å². The molecule has 0 amide bonds. The molecule has 3 nitrogen and oxygen atoms in total. The Balaban J connectivity index is 2.97. The molecule has 0 saturated carbocycles. The molecule has 0 spiro atoms. The number of hydrogen-bond donors (Lipinski definition) is 2. The molecule has 3 N–H and O–H groups in total. The molecule has 0 atom stereocenters. The third kappa shape index (κ3) is 5.82. The van der Waals surface area contributed by atoms with Crippen LogP contribution >= 0.6 is 11.8 Å². The number of thioether (sulfide) groups is 1. The molecule has 0 aromatic heterocycles. The van der Waals surface area contributed by atoms with E-state index in [1.54, 1.807) is 0 Å². The van der Waals surface area contributed by atoms with Gasteiger partial charge in [-0.1, -0.05) is 0 Å². The van der Waals surface area contributed by atoms with Crippen LogP contribution in [0.1, 0.15) is 0 Å². The maximum Gasteiger partial charge on any atom is 0.168 e. The summed E-state index contributed by atoms with van der Waals surface area (Å²) in [5, 5.41) is 8.24. The zero-order valence-electron chi connectivity index (χ0n) is 5.17. The quantitative estimate of drug-likeness (QED) is 0.504. The number of aliphatic hydroxyl groups excluding tert-OH is 1. The first kappa shape index (κ1) is 8.94. The van der Waals surface area contributed by atoms with E-state index in [2.05, 4.69) is 0 Å². The van der Waals surface area contributed by atoms with Crippen molar-refractivity contribution < 1.29 is 9.90 Å². The summed E-state index contributed by atoms with van der Waals surface area (Å²) in [7, 11) is 0. The summed E-state index contributed by atoms with van der Waals surface area (Å²) in [6, 6.07) is 0. The number of nitrogens with two attached hydrogens (primary N) is 1. The Morgan fingerprint density at radius 2 is 2.33 bits per heavy atom. The monoisotopic (exact) mass is 149 g/mol. The minimum absolute atomic E-state index is 0.131. The van der Waals surface area contributed by atoms with Crippen molar-refractivity contribution in [2.24, 2.45) is 5.73 Å². The largest absolute Gasteiger partial charge is 0.389 e. The zero-order valence-corrected chi connectivity index (χ0v) is 5.99. The number of Topliss-reactive ketones (excluding diaryl/α,β-unsaturated/α-hetero) is 1. The second-order valence-electron chi connectivity index (χ2n) is 1.54. The van der Waals surface area contributed by atoms with Crippen molar-refractivity contribution >= 4 is 17.5 Å². The first-order valence-corrected chi connectivity index (χ1v) is 3.87. The average Bonchev–Trinajstić information content (AvgIpc) is 1.89. The lowest BCUT2D eigenvalue weighted by Crippen LogP contribution is -2.09. The van der Waals surface area contributed by atoms with E-state index < -0.39 is 0 Å². The Morgan fingerprint density at radius 1 is 1.67 bits per heavy atom. The number of aliphatic hydroxyl groups is 1. The van der Waals surface area contributed by atoms with Crippen LogP contribution in [-0.4, -0.2) is 35.5 Å². The van der Waals surface area contributed by atoms with Gasteiger partial charge in [-0.2, -0.15) is 11.8 Å². The summed E-state index contributed by atoms with van der Waals surface area (Å²) < 4.78 is 0. The van der Waals surface area contributed by atoms with Gasteiger partial charge in [0.2, 0.25) is 0 Å². The second kappa shape index (κ2) is 6.07. The van der Waals surface area contributed by atoms with Crippen molar-refractivity contribution in [3.05, 3.63) is 0 Å². The fourth-order valence-electron chi connectivity index (χ4n) is 0.315. The average molecular weight is 149 g/mol. The van der Waals surface area contributed by atoms with Crippen molar-refractivity contribution in [3.8, 4) is 0 Å². The third-order valence-corrected chi connectivity index (χ3v) is 1.75. The van der Waals surface area contributed by atoms with E-state index in [4.69, 9.17) is 10.8 Å².